The van der Waals surface area contributed by atoms with Gasteiger partial charge in [-0.25, -0.2) is 4.98 Å². The van der Waals surface area contributed by atoms with E-state index in [1.807, 2.05) is 25.1 Å². The van der Waals surface area contributed by atoms with Crippen LogP contribution in [0.3, 0.4) is 0 Å². The number of benzene rings is 3. The summed E-state index contributed by atoms with van der Waals surface area (Å²) < 4.78 is 6.40. The number of aromatic nitrogens is 1. The Balaban J connectivity index is 1.67. The predicted molar refractivity (Wildman–Crippen MR) is 143 cm³/mol. The standard InChI is InChI=1S/C28H23ClN2O4S/c1-3-16-5-14-21-22(15-16)36-28(30-21)31-24(17-6-10-19(29)11-7-17)23(26(33)27(31)34)25(32)18-8-12-20(13-9-18)35-4-2/h5-15,24,32H,3-4H2,1-2H3. The zero-order chi connectivity index (χ0) is 25.4. The maximum Gasteiger partial charge on any atom is 0.301 e. The molecule has 2 heterocycles. The number of thiazole rings is 1. The van der Waals surface area contributed by atoms with Crippen LogP contribution in [0.5, 0.6) is 5.75 Å². The molecule has 1 saturated heterocycles. The van der Waals surface area contributed by atoms with E-state index in [0.29, 0.717) is 33.6 Å². The molecule has 1 aliphatic heterocycles. The molecule has 36 heavy (non-hydrogen) atoms. The van der Waals surface area contributed by atoms with Crippen molar-refractivity contribution < 1.29 is 19.4 Å². The number of hydrogen-bond acceptors (Lipinski definition) is 6. The van der Waals surface area contributed by atoms with Gasteiger partial charge in [-0.3, -0.25) is 14.5 Å². The van der Waals surface area contributed by atoms with Crippen molar-refractivity contribution >= 4 is 55.7 Å². The van der Waals surface area contributed by atoms with Crippen LogP contribution in [0.2, 0.25) is 5.02 Å². The largest absolute Gasteiger partial charge is 0.507 e. The van der Waals surface area contributed by atoms with Crippen molar-refractivity contribution in [2.45, 2.75) is 26.3 Å². The molecule has 1 amide bonds. The van der Waals surface area contributed by atoms with Gasteiger partial charge in [0.05, 0.1) is 28.4 Å². The van der Waals surface area contributed by atoms with Gasteiger partial charge in [0, 0.05) is 10.6 Å². The molecular weight excluding hydrogens is 496 g/mol. The Hall–Kier alpha value is -3.68. The Labute approximate surface area is 217 Å². The number of ether oxygens (including phenoxy) is 1. The van der Waals surface area contributed by atoms with E-state index in [9.17, 15) is 14.7 Å². The van der Waals surface area contributed by atoms with Crippen LogP contribution in [0.4, 0.5) is 5.13 Å². The summed E-state index contributed by atoms with van der Waals surface area (Å²) in [5, 5.41) is 12.2. The lowest BCUT2D eigenvalue weighted by Gasteiger charge is -2.23. The summed E-state index contributed by atoms with van der Waals surface area (Å²) in [5.74, 6) is -1.12. The van der Waals surface area contributed by atoms with Gasteiger partial charge in [0.1, 0.15) is 11.5 Å². The monoisotopic (exact) mass is 518 g/mol. The van der Waals surface area contributed by atoms with Crippen LogP contribution in [-0.2, 0) is 16.0 Å². The second-order valence-corrected chi connectivity index (χ2v) is 9.78. The maximum atomic E-state index is 13.4. The number of nitrogens with zero attached hydrogens (tertiary/aromatic N) is 2. The molecule has 5 rings (SSSR count). The van der Waals surface area contributed by atoms with Gasteiger partial charge >= 0.3 is 5.91 Å². The molecule has 0 spiro atoms. The number of fused-ring (bicyclic) bond motifs is 1. The minimum Gasteiger partial charge on any atom is -0.507 e. The number of carbonyl (C=O) groups is 2. The molecule has 0 bridgehead atoms. The number of Topliss-reactive ketones (excluding diaryl/α,β-unsaturated/α-hetero) is 1. The van der Waals surface area contributed by atoms with Crippen molar-refractivity contribution in [2.24, 2.45) is 0 Å². The molecule has 1 unspecified atom stereocenters. The number of anilines is 1. The predicted octanol–water partition coefficient (Wildman–Crippen LogP) is 6.54. The zero-order valence-electron chi connectivity index (χ0n) is 19.7. The van der Waals surface area contributed by atoms with Gasteiger partial charge in [-0.05, 0) is 73.0 Å². The number of rotatable bonds is 6. The third kappa shape index (κ3) is 4.25. The summed E-state index contributed by atoms with van der Waals surface area (Å²) in [6, 6.07) is 18.7. The van der Waals surface area contributed by atoms with Crippen LogP contribution in [-0.4, -0.2) is 28.4 Å². The Morgan fingerprint density at radius 3 is 2.44 bits per heavy atom. The van der Waals surface area contributed by atoms with Gasteiger partial charge in [0.15, 0.2) is 5.13 Å². The van der Waals surface area contributed by atoms with Crippen LogP contribution >= 0.6 is 22.9 Å². The lowest BCUT2D eigenvalue weighted by atomic mass is 9.95. The first-order chi connectivity index (χ1) is 17.4. The third-order valence-corrected chi connectivity index (χ3v) is 7.39. The van der Waals surface area contributed by atoms with Crippen LogP contribution in [0.15, 0.2) is 72.3 Å². The molecular formula is C28H23ClN2O4S. The molecule has 1 aliphatic rings. The normalized spacial score (nSPS) is 17.2. The van der Waals surface area contributed by atoms with Gasteiger partial charge in [0.2, 0.25) is 0 Å². The Morgan fingerprint density at radius 1 is 1.06 bits per heavy atom. The molecule has 1 N–H and O–H groups in total. The Bertz CT molecular complexity index is 1490. The number of aliphatic hydroxyl groups is 1. The summed E-state index contributed by atoms with van der Waals surface area (Å²) in [6.45, 7) is 4.46. The molecule has 182 valence electrons. The highest BCUT2D eigenvalue weighted by Gasteiger charge is 2.48. The van der Waals surface area contributed by atoms with Crippen molar-refractivity contribution in [3.05, 3.63) is 94.0 Å². The maximum absolute atomic E-state index is 13.4. The second kappa shape index (κ2) is 9.76. The summed E-state index contributed by atoms with van der Waals surface area (Å²) in [6.07, 6.45) is 0.876. The summed E-state index contributed by atoms with van der Waals surface area (Å²) in [7, 11) is 0. The van der Waals surface area contributed by atoms with Crippen molar-refractivity contribution in [1.82, 2.24) is 4.98 Å². The average Bonchev–Trinajstić information content (AvgIpc) is 3.42. The SMILES string of the molecule is CCOc1ccc(C(O)=C2C(=O)C(=O)N(c3nc4ccc(CC)cc4s3)C2c2ccc(Cl)cc2)cc1. The molecule has 3 aromatic carbocycles. The molecule has 1 aromatic heterocycles. The lowest BCUT2D eigenvalue weighted by molar-refractivity contribution is -0.132. The average molecular weight is 519 g/mol. The van der Waals surface area contributed by atoms with E-state index in [2.05, 4.69) is 11.9 Å². The Morgan fingerprint density at radius 2 is 1.78 bits per heavy atom. The molecule has 0 aliphatic carbocycles. The van der Waals surface area contributed by atoms with E-state index in [1.165, 1.54) is 16.2 Å². The first-order valence-electron chi connectivity index (χ1n) is 11.6. The first kappa shape index (κ1) is 24.0. The quantitative estimate of drug-likeness (QED) is 0.178. The number of halogens is 1. The molecule has 0 radical (unpaired) electrons. The van der Waals surface area contributed by atoms with Crippen molar-refractivity contribution in [1.29, 1.82) is 0 Å². The molecule has 4 aromatic rings. The summed E-state index contributed by atoms with van der Waals surface area (Å²) >= 11 is 7.46. The van der Waals surface area contributed by atoms with Crippen LogP contribution in [0, 0.1) is 0 Å². The third-order valence-electron chi connectivity index (χ3n) is 6.12. The van der Waals surface area contributed by atoms with Crippen molar-refractivity contribution in [3.8, 4) is 5.75 Å². The number of hydrogen-bond donors (Lipinski definition) is 1. The van der Waals surface area contributed by atoms with E-state index >= 15 is 0 Å². The number of amides is 1. The highest BCUT2D eigenvalue weighted by atomic mass is 35.5. The van der Waals surface area contributed by atoms with E-state index in [1.54, 1.807) is 48.5 Å². The smallest absolute Gasteiger partial charge is 0.301 e. The minimum atomic E-state index is -0.861. The lowest BCUT2D eigenvalue weighted by Crippen LogP contribution is -2.29. The molecule has 6 nitrogen and oxygen atoms in total. The van der Waals surface area contributed by atoms with E-state index in [4.69, 9.17) is 16.3 Å². The number of aliphatic hydroxyl groups excluding tert-OH is 1. The minimum absolute atomic E-state index is 0.0000133. The first-order valence-corrected chi connectivity index (χ1v) is 12.8. The van der Waals surface area contributed by atoms with Crippen molar-refractivity contribution in [3.63, 3.8) is 0 Å². The van der Waals surface area contributed by atoms with Gasteiger partial charge < -0.3 is 9.84 Å². The highest BCUT2D eigenvalue weighted by molar-refractivity contribution is 7.22. The molecule has 0 saturated carbocycles. The van der Waals surface area contributed by atoms with Crippen LogP contribution < -0.4 is 9.64 Å². The molecule has 1 atom stereocenters. The topological polar surface area (TPSA) is 79.7 Å². The summed E-state index contributed by atoms with van der Waals surface area (Å²) in [4.78, 5) is 32.8. The fourth-order valence-electron chi connectivity index (χ4n) is 4.30. The number of carbonyl (C=O) groups excluding carboxylic acids is 2. The van der Waals surface area contributed by atoms with Gasteiger partial charge in [0.25, 0.3) is 5.78 Å². The van der Waals surface area contributed by atoms with Gasteiger partial charge in [-0.2, -0.15) is 0 Å². The second-order valence-electron chi connectivity index (χ2n) is 8.33. The van der Waals surface area contributed by atoms with Gasteiger partial charge in [-0.1, -0.05) is 48.1 Å². The fraction of sp³-hybridized carbons (Fsp3) is 0.179. The highest BCUT2D eigenvalue weighted by Crippen LogP contribution is 2.44. The van der Waals surface area contributed by atoms with E-state index in [0.717, 1.165) is 22.2 Å². The number of ketones is 1. The zero-order valence-corrected chi connectivity index (χ0v) is 21.3. The van der Waals surface area contributed by atoms with E-state index < -0.39 is 17.7 Å². The Kier molecular flexibility index (Phi) is 6.51. The van der Waals surface area contributed by atoms with Crippen LogP contribution in [0.1, 0.15) is 36.6 Å². The van der Waals surface area contributed by atoms with Crippen LogP contribution in [0.25, 0.3) is 16.0 Å². The number of aryl methyl sites for hydroxylation is 1. The summed E-state index contributed by atoms with van der Waals surface area (Å²) in [5.41, 5.74) is 2.95. The molecule has 1 fully saturated rings. The van der Waals surface area contributed by atoms with Crippen molar-refractivity contribution in [2.75, 3.05) is 11.5 Å². The fourth-order valence-corrected chi connectivity index (χ4v) is 5.48. The van der Waals surface area contributed by atoms with E-state index in [-0.39, 0.29) is 11.3 Å². The molecule has 8 heteroatoms. The van der Waals surface area contributed by atoms with Gasteiger partial charge in [-0.15, -0.1) is 0 Å².